The van der Waals surface area contributed by atoms with Gasteiger partial charge in [0.25, 0.3) is 0 Å². The molecule has 0 saturated heterocycles. The molecule has 0 saturated carbocycles. The van der Waals surface area contributed by atoms with Crippen molar-refractivity contribution in [1.82, 2.24) is 24.7 Å². The molecule has 0 fully saturated rings. The Labute approximate surface area is 164 Å². The van der Waals surface area contributed by atoms with Crippen LogP contribution in [0.2, 0.25) is 0 Å². The average Bonchev–Trinajstić information content (AvgIpc) is 3.13. The molecule has 0 spiro atoms. The summed E-state index contributed by atoms with van der Waals surface area (Å²) in [4.78, 5) is 18.4. The average molecular weight is 390 g/mol. The summed E-state index contributed by atoms with van der Waals surface area (Å²) in [6.07, 6.45) is 2.36. The number of rotatable bonds is 5. The second-order valence-electron chi connectivity index (χ2n) is 5.93. The minimum atomic E-state index is -0.531. The van der Waals surface area contributed by atoms with Gasteiger partial charge in [0, 0.05) is 11.3 Å². The van der Waals surface area contributed by atoms with Gasteiger partial charge in [-0.1, -0.05) is 48.0 Å². The van der Waals surface area contributed by atoms with E-state index in [1.54, 1.807) is 0 Å². The Bertz CT molecular complexity index is 1110. The molecule has 28 heavy (non-hydrogen) atoms. The standard InChI is InChI=1S/C19H14N6O2S/c1-13-7-9-15(10-8-13)24-17(14-5-3-2-4-6-14)22-23-19(24)28-18-20-11-16(12-21-18)25(26)27/h2-12H,1H3. The number of hydrogen-bond acceptors (Lipinski definition) is 7. The highest BCUT2D eigenvalue weighted by Gasteiger charge is 2.18. The summed E-state index contributed by atoms with van der Waals surface area (Å²) in [5.74, 6) is 0.689. The molecule has 4 rings (SSSR count). The molecule has 2 heterocycles. The predicted molar refractivity (Wildman–Crippen MR) is 104 cm³/mol. The maximum atomic E-state index is 10.8. The first-order valence-corrected chi connectivity index (χ1v) is 9.15. The molecular weight excluding hydrogens is 376 g/mol. The van der Waals surface area contributed by atoms with E-state index in [1.807, 2.05) is 66.1 Å². The summed E-state index contributed by atoms with van der Waals surface area (Å²) in [6, 6.07) is 17.8. The lowest BCUT2D eigenvalue weighted by Crippen LogP contribution is -2.00. The second-order valence-corrected chi connectivity index (χ2v) is 6.86. The number of nitrogens with zero attached hydrogens (tertiary/aromatic N) is 6. The van der Waals surface area contributed by atoms with E-state index in [0.29, 0.717) is 16.1 Å². The van der Waals surface area contributed by atoms with E-state index in [2.05, 4.69) is 20.2 Å². The zero-order valence-corrected chi connectivity index (χ0v) is 15.6. The lowest BCUT2D eigenvalue weighted by atomic mass is 10.2. The van der Waals surface area contributed by atoms with E-state index in [-0.39, 0.29) is 5.69 Å². The van der Waals surface area contributed by atoms with Crippen molar-refractivity contribution in [3.8, 4) is 17.1 Å². The lowest BCUT2D eigenvalue weighted by molar-refractivity contribution is -0.385. The van der Waals surface area contributed by atoms with Gasteiger partial charge in [0.2, 0.25) is 5.16 Å². The van der Waals surface area contributed by atoms with Crippen LogP contribution in [0.15, 0.2) is 77.3 Å². The number of aromatic nitrogens is 5. The molecule has 0 N–H and O–H groups in total. The van der Waals surface area contributed by atoms with Gasteiger partial charge in [-0.25, -0.2) is 9.97 Å². The van der Waals surface area contributed by atoms with Crippen LogP contribution >= 0.6 is 11.8 Å². The van der Waals surface area contributed by atoms with Gasteiger partial charge in [-0.05, 0) is 30.8 Å². The number of benzene rings is 2. The summed E-state index contributed by atoms with van der Waals surface area (Å²) in [7, 11) is 0. The van der Waals surface area contributed by atoms with Crippen molar-refractivity contribution in [3.05, 3.63) is 82.7 Å². The van der Waals surface area contributed by atoms with Crippen LogP contribution in [0.5, 0.6) is 0 Å². The van der Waals surface area contributed by atoms with Crippen molar-refractivity contribution in [2.24, 2.45) is 0 Å². The summed E-state index contributed by atoms with van der Waals surface area (Å²) >= 11 is 1.19. The third-order valence-corrected chi connectivity index (χ3v) is 4.81. The fourth-order valence-corrected chi connectivity index (χ4v) is 3.31. The van der Waals surface area contributed by atoms with Crippen LogP contribution in [0.4, 0.5) is 5.69 Å². The van der Waals surface area contributed by atoms with E-state index < -0.39 is 4.92 Å². The molecule has 0 aliphatic carbocycles. The van der Waals surface area contributed by atoms with Crippen LogP contribution in [-0.2, 0) is 0 Å². The Morgan fingerprint density at radius 1 is 0.964 bits per heavy atom. The SMILES string of the molecule is Cc1ccc(-n2c(Sc3ncc([N+](=O)[O-])cn3)nnc2-c2ccccc2)cc1. The van der Waals surface area contributed by atoms with Gasteiger partial charge in [-0.15, -0.1) is 10.2 Å². The van der Waals surface area contributed by atoms with E-state index >= 15 is 0 Å². The van der Waals surface area contributed by atoms with Crippen molar-refractivity contribution >= 4 is 17.4 Å². The van der Waals surface area contributed by atoms with Crippen molar-refractivity contribution in [2.45, 2.75) is 17.2 Å². The molecule has 9 heteroatoms. The van der Waals surface area contributed by atoms with E-state index in [0.717, 1.165) is 16.8 Å². The van der Waals surface area contributed by atoms with Gasteiger partial charge in [-0.2, -0.15) is 0 Å². The van der Waals surface area contributed by atoms with Crippen LogP contribution in [0.25, 0.3) is 17.1 Å². The molecule has 138 valence electrons. The molecule has 0 aliphatic heterocycles. The van der Waals surface area contributed by atoms with Crippen molar-refractivity contribution < 1.29 is 4.92 Å². The maximum absolute atomic E-state index is 10.8. The molecule has 0 radical (unpaired) electrons. The molecular formula is C19H14N6O2S. The molecule has 0 aliphatic rings. The molecule has 4 aromatic rings. The number of aryl methyl sites for hydroxylation is 1. The fourth-order valence-electron chi connectivity index (χ4n) is 2.57. The molecule has 0 amide bonds. The topological polar surface area (TPSA) is 99.6 Å². The third-order valence-electron chi connectivity index (χ3n) is 3.97. The monoisotopic (exact) mass is 390 g/mol. The number of nitro groups is 1. The van der Waals surface area contributed by atoms with Gasteiger partial charge in [-0.3, -0.25) is 14.7 Å². The van der Waals surface area contributed by atoms with Crippen LogP contribution in [-0.4, -0.2) is 29.7 Å². The first kappa shape index (κ1) is 17.8. The summed E-state index contributed by atoms with van der Waals surface area (Å²) < 4.78 is 1.92. The van der Waals surface area contributed by atoms with Crippen LogP contribution in [0, 0.1) is 17.0 Å². The summed E-state index contributed by atoms with van der Waals surface area (Å²) in [6.45, 7) is 2.02. The molecule has 0 bridgehead atoms. The van der Waals surface area contributed by atoms with Crippen molar-refractivity contribution in [3.63, 3.8) is 0 Å². The van der Waals surface area contributed by atoms with E-state index in [1.165, 1.54) is 24.2 Å². The molecule has 2 aromatic heterocycles. The highest BCUT2D eigenvalue weighted by atomic mass is 32.2. The van der Waals surface area contributed by atoms with Crippen LogP contribution in [0.3, 0.4) is 0 Å². The Morgan fingerprint density at radius 3 is 2.29 bits per heavy atom. The molecule has 2 aromatic carbocycles. The van der Waals surface area contributed by atoms with E-state index in [9.17, 15) is 10.1 Å². The normalized spacial score (nSPS) is 10.8. The Balaban J connectivity index is 1.77. The predicted octanol–water partition coefficient (Wildman–Crippen LogP) is 4.09. The molecule has 8 nitrogen and oxygen atoms in total. The quantitative estimate of drug-likeness (QED) is 0.287. The fraction of sp³-hybridized carbons (Fsp3) is 0.0526. The minimum absolute atomic E-state index is 0.158. The number of hydrogen-bond donors (Lipinski definition) is 0. The molecule has 0 unspecified atom stereocenters. The highest BCUT2D eigenvalue weighted by Crippen LogP contribution is 2.31. The first-order chi connectivity index (χ1) is 13.6. The van der Waals surface area contributed by atoms with Crippen LogP contribution < -0.4 is 0 Å². The van der Waals surface area contributed by atoms with Crippen molar-refractivity contribution in [2.75, 3.05) is 0 Å². The van der Waals surface area contributed by atoms with Gasteiger partial charge in [0.1, 0.15) is 12.4 Å². The zero-order valence-electron chi connectivity index (χ0n) is 14.8. The maximum Gasteiger partial charge on any atom is 0.305 e. The third kappa shape index (κ3) is 3.60. The van der Waals surface area contributed by atoms with Gasteiger partial charge in [0.15, 0.2) is 11.0 Å². The van der Waals surface area contributed by atoms with Gasteiger partial charge < -0.3 is 0 Å². The summed E-state index contributed by atoms with van der Waals surface area (Å²) in [5, 5.41) is 20.4. The molecule has 0 atom stereocenters. The Kier molecular flexibility index (Phi) is 4.81. The smallest absolute Gasteiger partial charge is 0.270 e. The van der Waals surface area contributed by atoms with E-state index in [4.69, 9.17) is 0 Å². The Morgan fingerprint density at radius 2 is 1.64 bits per heavy atom. The van der Waals surface area contributed by atoms with Crippen LogP contribution in [0.1, 0.15) is 5.56 Å². The van der Waals surface area contributed by atoms with Gasteiger partial charge >= 0.3 is 5.69 Å². The first-order valence-electron chi connectivity index (χ1n) is 8.34. The van der Waals surface area contributed by atoms with Gasteiger partial charge in [0.05, 0.1) is 4.92 Å². The second kappa shape index (κ2) is 7.57. The zero-order chi connectivity index (χ0) is 19.5. The lowest BCUT2D eigenvalue weighted by Gasteiger charge is -2.10. The van der Waals surface area contributed by atoms with Crippen molar-refractivity contribution in [1.29, 1.82) is 0 Å². The minimum Gasteiger partial charge on any atom is -0.270 e. The summed E-state index contributed by atoms with van der Waals surface area (Å²) in [5.41, 5.74) is 2.81. The highest BCUT2D eigenvalue weighted by molar-refractivity contribution is 7.99. The largest absolute Gasteiger partial charge is 0.305 e. The Hall–Kier alpha value is -3.59.